The molecule has 10 nitrogen and oxygen atoms in total. The van der Waals surface area contributed by atoms with Crippen molar-refractivity contribution in [2.75, 3.05) is 24.6 Å². The summed E-state index contributed by atoms with van der Waals surface area (Å²) in [5, 5.41) is 13.8. The van der Waals surface area contributed by atoms with Crippen LogP contribution in [-0.2, 0) is 28.7 Å². The minimum Gasteiger partial charge on any atom is -0.460 e. The Labute approximate surface area is 278 Å². The summed E-state index contributed by atoms with van der Waals surface area (Å²) in [5.41, 5.74) is -0.779. The number of amides is 3. The molecule has 0 aromatic heterocycles. The number of anilines is 1. The third kappa shape index (κ3) is 7.01. The Morgan fingerprint density at radius 3 is 2.53 bits per heavy atom. The van der Waals surface area contributed by atoms with Crippen LogP contribution in [0.5, 0.6) is 0 Å². The largest absolute Gasteiger partial charge is 0.460 e. The van der Waals surface area contributed by atoms with E-state index in [2.05, 4.69) is 34.4 Å². The Kier molecular flexibility index (Phi) is 11.5. The summed E-state index contributed by atoms with van der Waals surface area (Å²) in [6.07, 6.45) is 3.43. The van der Waals surface area contributed by atoms with Crippen LogP contribution in [0.1, 0.15) is 46.5 Å². The summed E-state index contributed by atoms with van der Waals surface area (Å²) >= 11 is 9.80. The van der Waals surface area contributed by atoms with Gasteiger partial charge >= 0.3 is 5.97 Å². The molecule has 3 fully saturated rings. The van der Waals surface area contributed by atoms with Crippen molar-refractivity contribution in [3.63, 3.8) is 0 Å². The number of rotatable bonds is 15. The maximum absolute atomic E-state index is 14.7. The maximum atomic E-state index is 14.7. The third-order valence-electron chi connectivity index (χ3n) is 8.78. The zero-order chi connectivity index (χ0) is 33.1. The van der Waals surface area contributed by atoms with Crippen molar-refractivity contribution in [2.45, 2.75) is 81.2 Å². The average Bonchev–Trinajstić information content (AvgIpc) is 3.59. The lowest BCUT2D eigenvalue weighted by molar-refractivity contribution is -0.159. The number of hydrogen-bond acceptors (Lipinski definition) is 7. The Morgan fingerprint density at radius 2 is 1.93 bits per heavy atom. The molecular formula is C33H43BrClN3O7. The lowest BCUT2D eigenvalue weighted by atomic mass is 9.70. The molecule has 4 rings (SSSR count). The van der Waals surface area contributed by atoms with Crippen molar-refractivity contribution in [3.05, 3.63) is 54.6 Å². The van der Waals surface area contributed by atoms with Crippen LogP contribution in [0.2, 0.25) is 5.02 Å². The fourth-order valence-electron chi connectivity index (χ4n) is 6.95. The van der Waals surface area contributed by atoms with Gasteiger partial charge in [-0.3, -0.25) is 19.2 Å². The molecule has 3 saturated heterocycles. The number of ether oxygens (including phenoxy) is 2. The van der Waals surface area contributed by atoms with E-state index in [1.54, 1.807) is 43.3 Å². The molecule has 0 aliphatic carbocycles. The second-order valence-corrected chi connectivity index (χ2v) is 14.1. The Balaban J connectivity index is 1.70. The van der Waals surface area contributed by atoms with E-state index in [-0.39, 0.29) is 42.8 Å². The van der Waals surface area contributed by atoms with E-state index < -0.39 is 59.5 Å². The van der Waals surface area contributed by atoms with Gasteiger partial charge in [0.1, 0.15) is 17.7 Å². The number of esters is 1. The zero-order valence-corrected chi connectivity index (χ0v) is 28.3. The number of benzene rings is 1. The number of nitrogens with zero attached hydrogens (tertiary/aromatic N) is 2. The van der Waals surface area contributed by atoms with Gasteiger partial charge in [0.15, 0.2) is 0 Å². The molecule has 1 aromatic carbocycles. The molecule has 2 N–H and O–H groups in total. The van der Waals surface area contributed by atoms with Gasteiger partial charge in [0, 0.05) is 28.5 Å². The second-order valence-electron chi connectivity index (χ2n) is 12.5. The molecule has 12 heteroatoms. The van der Waals surface area contributed by atoms with E-state index in [1.807, 2.05) is 13.8 Å². The lowest BCUT2D eigenvalue weighted by Crippen LogP contribution is -2.59. The number of aliphatic hydroxyl groups excluding tert-OH is 1. The highest BCUT2D eigenvalue weighted by molar-refractivity contribution is 9.09. The van der Waals surface area contributed by atoms with Crippen LogP contribution in [-0.4, -0.2) is 88.1 Å². The predicted octanol–water partition coefficient (Wildman–Crippen LogP) is 4.03. The first kappa shape index (κ1) is 35.1. The summed E-state index contributed by atoms with van der Waals surface area (Å²) in [6.45, 7) is 13.0. The number of aliphatic hydroxyl groups is 1. The van der Waals surface area contributed by atoms with Crippen LogP contribution >= 0.6 is 27.5 Å². The number of halogens is 2. The summed E-state index contributed by atoms with van der Waals surface area (Å²) in [6, 6.07) is 4.99. The van der Waals surface area contributed by atoms with Gasteiger partial charge in [-0.15, -0.1) is 13.2 Å². The molecule has 1 unspecified atom stereocenters. The van der Waals surface area contributed by atoms with Gasteiger partial charge in [0.25, 0.3) is 5.91 Å². The maximum Gasteiger partial charge on any atom is 0.312 e. The van der Waals surface area contributed by atoms with Crippen LogP contribution in [0.4, 0.5) is 5.69 Å². The van der Waals surface area contributed by atoms with Crippen LogP contribution in [0.15, 0.2) is 49.6 Å². The molecular weight excluding hydrogens is 666 g/mol. The predicted molar refractivity (Wildman–Crippen MR) is 175 cm³/mol. The molecule has 0 radical (unpaired) electrons. The normalized spacial score (nSPS) is 28.0. The minimum atomic E-state index is -1.34. The molecule has 3 aliphatic heterocycles. The van der Waals surface area contributed by atoms with E-state index in [4.69, 9.17) is 21.1 Å². The number of nitrogens with one attached hydrogen (secondary N) is 1. The van der Waals surface area contributed by atoms with Crippen LogP contribution in [0.3, 0.4) is 0 Å². The number of fused-ring (bicyclic) bond motifs is 1. The highest BCUT2D eigenvalue weighted by Gasteiger charge is 2.77. The average molecular weight is 709 g/mol. The van der Waals surface area contributed by atoms with Crippen molar-refractivity contribution >= 4 is 56.9 Å². The molecule has 3 aliphatic rings. The zero-order valence-electron chi connectivity index (χ0n) is 26.0. The van der Waals surface area contributed by atoms with E-state index in [1.165, 1.54) is 9.80 Å². The number of likely N-dealkylation sites (tertiary alicyclic amines) is 1. The smallest absolute Gasteiger partial charge is 0.312 e. The Bertz CT molecular complexity index is 1290. The SMILES string of the molecule is C=CCCC(=O)NC[C@H](C)OC(=O)[C@@H]1[C@H]2O[C@@]3(CC2Br)[C@H](C(=O)N(CC=C)c2ccc(Cl)cc2)N([C@@H](CO)CC(C)C)C(=O)[C@@H]13. The van der Waals surface area contributed by atoms with Gasteiger partial charge in [0.05, 0.1) is 37.1 Å². The van der Waals surface area contributed by atoms with Crippen molar-refractivity contribution in [1.29, 1.82) is 0 Å². The van der Waals surface area contributed by atoms with E-state index in [9.17, 15) is 24.3 Å². The quantitative estimate of drug-likeness (QED) is 0.160. The highest BCUT2D eigenvalue weighted by Crippen LogP contribution is 2.61. The van der Waals surface area contributed by atoms with E-state index >= 15 is 0 Å². The van der Waals surface area contributed by atoms with Gasteiger partial charge in [0.2, 0.25) is 11.8 Å². The highest BCUT2D eigenvalue weighted by atomic mass is 79.9. The monoisotopic (exact) mass is 707 g/mol. The van der Waals surface area contributed by atoms with Crippen molar-refractivity contribution in [3.8, 4) is 0 Å². The fourth-order valence-corrected chi connectivity index (χ4v) is 8.02. The van der Waals surface area contributed by atoms with Gasteiger partial charge in [-0.1, -0.05) is 53.5 Å². The van der Waals surface area contributed by atoms with Gasteiger partial charge in [-0.25, -0.2) is 0 Å². The number of hydrogen-bond donors (Lipinski definition) is 2. The molecule has 1 spiro atoms. The second kappa shape index (κ2) is 14.8. The topological polar surface area (TPSA) is 125 Å². The molecule has 1 aromatic rings. The van der Waals surface area contributed by atoms with Gasteiger partial charge < -0.3 is 29.7 Å². The van der Waals surface area contributed by atoms with Crippen LogP contribution in [0, 0.1) is 17.8 Å². The molecule has 45 heavy (non-hydrogen) atoms. The minimum absolute atomic E-state index is 0.104. The van der Waals surface area contributed by atoms with Crippen molar-refractivity contribution in [1.82, 2.24) is 10.2 Å². The first-order chi connectivity index (χ1) is 21.4. The lowest BCUT2D eigenvalue weighted by Gasteiger charge is -2.39. The van der Waals surface area contributed by atoms with Crippen molar-refractivity contribution < 1.29 is 33.8 Å². The molecule has 3 heterocycles. The summed E-state index contributed by atoms with van der Waals surface area (Å²) < 4.78 is 12.4. The summed E-state index contributed by atoms with van der Waals surface area (Å²) in [4.78, 5) is 57.7. The number of alkyl halides is 1. The van der Waals surface area contributed by atoms with E-state index in [0.717, 1.165) is 0 Å². The molecule has 2 bridgehead atoms. The number of allylic oxidation sites excluding steroid dienone is 1. The third-order valence-corrected chi connectivity index (χ3v) is 9.87. The molecule has 8 atom stereocenters. The fraction of sp³-hybridized carbons (Fsp3) is 0.576. The van der Waals surface area contributed by atoms with Gasteiger partial charge in [-0.2, -0.15) is 0 Å². The molecule has 0 saturated carbocycles. The van der Waals surface area contributed by atoms with Gasteiger partial charge in [-0.05, 0) is 56.4 Å². The molecule has 246 valence electrons. The first-order valence-electron chi connectivity index (χ1n) is 15.4. The van der Waals surface area contributed by atoms with E-state index in [0.29, 0.717) is 30.0 Å². The molecule has 3 amide bonds. The summed E-state index contributed by atoms with van der Waals surface area (Å²) in [5.74, 6) is -3.52. The Hall–Kier alpha value is -2.73. The van der Waals surface area contributed by atoms with Crippen LogP contribution in [0.25, 0.3) is 0 Å². The number of carbonyl (C=O) groups excluding carboxylic acids is 4. The van der Waals surface area contributed by atoms with Crippen molar-refractivity contribution in [2.24, 2.45) is 17.8 Å². The Morgan fingerprint density at radius 1 is 1.24 bits per heavy atom. The first-order valence-corrected chi connectivity index (χ1v) is 16.7. The number of carbonyl (C=O) groups is 4. The standard InChI is InChI=1S/C33H43BrClN3O7/c1-6-8-9-25(40)36-17-20(5)44-32(43)26-27-30(41)38(23(18-39)15-19(3)4)29(33(27)16-24(34)28(26)45-33)31(42)37(14-7-2)22-12-10-21(35)11-13-22/h6-7,10-13,19-20,23-24,26-29,39H,1-2,8-9,14-18H2,3-5H3,(H,36,40)/t20-,23+,24?,26-,27+,28-,29-,33+/m0/s1. The summed E-state index contributed by atoms with van der Waals surface area (Å²) in [7, 11) is 0. The van der Waals surface area contributed by atoms with Crippen LogP contribution < -0.4 is 10.2 Å².